The molecule has 2 atom stereocenters. The zero-order valence-corrected chi connectivity index (χ0v) is 18.4. The van der Waals surface area contributed by atoms with Crippen LogP contribution in [0.2, 0.25) is 0 Å². The minimum atomic E-state index is -1.02. The molecule has 1 aliphatic rings. The second kappa shape index (κ2) is 6.97. The molecule has 5 rings (SSSR count). The molecule has 1 aliphatic heterocycles. The van der Waals surface area contributed by atoms with E-state index in [2.05, 4.69) is 0 Å². The van der Waals surface area contributed by atoms with E-state index in [4.69, 9.17) is 18.3 Å². The molecule has 0 saturated carbocycles. The Morgan fingerprint density at radius 2 is 1.28 bits per heavy atom. The van der Waals surface area contributed by atoms with Crippen LogP contribution in [0.5, 0.6) is 11.5 Å². The van der Waals surface area contributed by atoms with Crippen molar-refractivity contribution in [3.05, 3.63) is 78.5 Å². The Balaban J connectivity index is 1.84. The van der Waals surface area contributed by atoms with Gasteiger partial charge in [0.25, 0.3) is 0 Å². The fraction of sp³-hybridized carbons (Fsp3) is 0.280. The maximum atomic E-state index is 13.0. The van der Waals surface area contributed by atoms with Crippen molar-refractivity contribution in [3.63, 3.8) is 0 Å². The van der Waals surface area contributed by atoms with Gasteiger partial charge in [0.15, 0.2) is 0 Å². The number of aryl methyl sites for hydroxylation is 4. The fourth-order valence-electron chi connectivity index (χ4n) is 4.35. The van der Waals surface area contributed by atoms with Gasteiger partial charge in [0.05, 0.1) is 27.8 Å². The molecule has 4 aromatic rings. The molecule has 7 nitrogen and oxygen atoms in total. The van der Waals surface area contributed by atoms with Crippen molar-refractivity contribution in [1.29, 1.82) is 0 Å². The lowest BCUT2D eigenvalue weighted by Crippen LogP contribution is -2.28. The molecule has 0 aliphatic carbocycles. The average Bonchev–Trinajstić information content (AvgIpc) is 3.12. The van der Waals surface area contributed by atoms with Crippen molar-refractivity contribution in [1.82, 2.24) is 0 Å². The highest BCUT2D eigenvalue weighted by Crippen LogP contribution is 2.47. The van der Waals surface area contributed by atoms with E-state index in [1.54, 1.807) is 18.2 Å². The van der Waals surface area contributed by atoms with Crippen molar-refractivity contribution < 1.29 is 23.4 Å². The topological polar surface area (TPSA) is 99.1 Å². The zero-order chi connectivity index (χ0) is 22.9. The van der Waals surface area contributed by atoms with Gasteiger partial charge < -0.3 is 23.4 Å². The van der Waals surface area contributed by atoms with E-state index in [-0.39, 0.29) is 28.2 Å². The van der Waals surface area contributed by atoms with Crippen LogP contribution >= 0.6 is 0 Å². The molecule has 7 heteroatoms. The van der Waals surface area contributed by atoms with Crippen molar-refractivity contribution in [3.8, 4) is 11.5 Å². The summed E-state index contributed by atoms with van der Waals surface area (Å²) in [4.78, 5) is 26.0. The van der Waals surface area contributed by atoms with E-state index >= 15 is 0 Å². The standard InChI is InChI=1S/C25H22O7/c1-10-6-14-16(8-12(10)3)30-23(27)19(21(14)26)18-20-22(32-25(18)29-5)15-7-11(2)13(4)9-17(15)31-24(20)28/h6-9,18,25-26H,1-5H3. The summed E-state index contributed by atoms with van der Waals surface area (Å²) in [7, 11) is 1.41. The van der Waals surface area contributed by atoms with Crippen LogP contribution in [0.1, 0.15) is 39.3 Å². The smallest absolute Gasteiger partial charge is 0.344 e. The van der Waals surface area contributed by atoms with Crippen LogP contribution in [-0.4, -0.2) is 18.5 Å². The van der Waals surface area contributed by atoms with Crippen LogP contribution < -0.4 is 16.0 Å². The van der Waals surface area contributed by atoms with Gasteiger partial charge in [-0.3, -0.25) is 0 Å². The molecule has 2 aromatic heterocycles. The summed E-state index contributed by atoms with van der Waals surface area (Å²) in [6.07, 6.45) is -1.02. The molecule has 0 radical (unpaired) electrons. The fourth-order valence-corrected chi connectivity index (χ4v) is 4.35. The first-order valence-corrected chi connectivity index (χ1v) is 10.3. The summed E-state index contributed by atoms with van der Waals surface area (Å²) in [5, 5.41) is 12.1. The van der Waals surface area contributed by atoms with E-state index in [9.17, 15) is 14.7 Å². The Hall–Kier alpha value is -3.58. The molecule has 3 heterocycles. The van der Waals surface area contributed by atoms with E-state index < -0.39 is 23.5 Å². The minimum absolute atomic E-state index is 0.0955. The first-order chi connectivity index (χ1) is 15.2. The molecule has 32 heavy (non-hydrogen) atoms. The van der Waals surface area contributed by atoms with Gasteiger partial charge in [-0.15, -0.1) is 0 Å². The van der Waals surface area contributed by atoms with Crippen LogP contribution in [0, 0.1) is 27.7 Å². The molecule has 164 valence electrons. The summed E-state index contributed by atoms with van der Waals surface area (Å²) in [6.45, 7) is 7.66. The van der Waals surface area contributed by atoms with Crippen LogP contribution in [0.15, 0.2) is 42.7 Å². The lowest BCUT2D eigenvalue weighted by atomic mass is 9.91. The van der Waals surface area contributed by atoms with Crippen molar-refractivity contribution in [2.24, 2.45) is 0 Å². The predicted molar refractivity (Wildman–Crippen MR) is 119 cm³/mol. The minimum Gasteiger partial charge on any atom is -0.507 e. The van der Waals surface area contributed by atoms with Crippen molar-refractivity contribution in [2.75, 3.05) is 7.11 Å². The summed E-state index contributed by atoms with van der Waals surface area (Å²) in [6, 6.07) is 7.10. The van der Waals surface area contributed by atoms with Gasteiger partial charge in [0.2, 0.25) is 6.29 Å². The summed E-state index contributed by atoms with van der Waals surface area (Å²) >= 11 is 0. The van der Waals surface area contributed by atoms with Gasteiger partial charge in [-0.05, 0) is 74.2 Å². The Bertz CT molecular complexity index is 1540. The monoisotopic (exact) mass is 434 g/mol. The van der Waals surface area contributed by atoms with Crippen LogP contribution in [0.3, 0.4) is 0 Å². The lowest BCUT2D eigenvalue weighted by molar-refractivity contribution is -0.0472. The highest BCUT2D eigenvalue weighted by Gasteiger charge is 2.44. The van der Waals surface area contributed by atoms with E-state index in [0.29, 0.717) is 16.4 Å². The van der Waals surface area contributed by atoms with Gasteiger partial charge in [-0.25, -0.2) is 9.59 Å². The molecule has 0 saturated heterocycles. The molecule has 0 fully saturated rings. The summed E-state index contributed by atoms with van der Waals surface area (Å²) in [5.74, 6) is -0.989. The van der Waals surface area contributed by atoms with Crippen LogP contribution in [0.4, 0.5) is 0 Å². The zero-order valence-electron chi connectivity index (χ0n) is 18.4. The van der Waals surface area contributed by atoms with Crippen molar-refractivity contribution >= 4 is 21.9 Å². The largest absolute Gasteiger partial charge is 0.507 e. The maximum Gasteiger partial charge on any atom is 0.344 e. The van der Waals surface area contributed by atoms with Gasteiger partial charge in [0.1, 0.15) is 22.7 Å². The molecule has 0 bridgehead atoms. The van der Waals surface area contributed by atoms with Crippen molar-refractivity contribution in [2.45, 2.75) is 39.9 Å². The number of methoxy groups -OCH3 is 1. The normalized spacial score (nSPS) is 17.7. The third kappa shape index (κ3) is 2.78. The lowest BCUT2D eigenvalue weighted by Gasteiger charge is -2.18. The van der Waals surface area contributed by atoms with Gasteiger partial charge in [-0.1, -0.05) is 0 Å². The van der Waals surface area contributed by atoms with Crippen LogP contribution in [0.25, 0.3) is 21.9 Å². The molecule has 1 N–H and O–H groups in total. The summed E-state index contributed by atoms with van der Waals surface area (Å²) < 4.78 is 22.6. The molecular weight excluding hydrogens is 412 g/mol. The summed E-state index contributed by atoms with van der Waals surface area (Å²) in [5.41, 5.74) is 3.08. The van der Waals surface area contributed by atoms with E-state index in [0.717, 1.165) is 22.3 Å². The number of rotatable bonds is 2. The molecule has 2 aromatic carbocycles. The molecule has 2 unspecified atom stereocenters. The SMILES string of the molecule is COC1Oc2c(c(=O)oc3cc(C)c(C)cc23)C1c1c(O)c2cc(C)c(C)cc2oc1=O. The Labute approximate surface area is 182 Å². The molecule has 0 spiro atoms. The number of hydrogen-bond acceptors (Lipinski definition) is 7. The van der Waals surface area contributed by atoms with Gasteiger partial charge >= 0.3 is 11.3 Å². The Morgan fingerprint density at radius 1 is 0.781 bits per heavy atom. The number of hydrogen-bond donors (Lipinski definition) is 1. The molecular formula is C25H22O7. The molecule has 0 amide bonds. The third-order valence-electron chi connectivity index (χ3n) is 6.40. The van der Waals surface area contributed by atoms with Gasteiger partial charge in [0, 0.05) is 7.11 Å². The third-order valence-corrected chi connectivity index (χ3v) is 6.40. The van der Waals surface area contributed by atoms with E-state index in [1.165, 1.54) is 7.11 Å². The number of aromatic hydroxyl groups is 1. The second-order valence-electron chi connectivity index (χ2n) is 8.35. The van der Waals surface area contributed by atoms with E-state index in [1.807, 2.05) is 33.8 Å². The predicted octanol–water partition coefficient (Wildman–Crippen LogP) is 4.34. The highest BCUT2D eigenvalue weighted by molar-refractivity contribution is 5.88. The van der Waals surface area contributed by atoms with Gasteiger partial charge in [-0.2, -0.15) is 0 Å². The first-order valence-electron chi connectivity index (χ1n) is 10.3. The second-order valence-corrected chi connectivity index (χ2v) is 8.35. The number of fused-ring (bicyclic) bond motifs is 4. The van der Waals surface area contributed by atoms with Crippen LogP contribution in [-0.2, 0) is 4.74 Å². The number of ether oxygens (including phenoxy) is 2. The average molecular weight is 434 g/mol. The Morgan fingerprint density at radius 3 is 1.88 bits per heavy atom. The first kappa shape index (κ1) is 20.3. The highest BCUT2D eigenvalue weighted by atomic mass is 16.7. The number of benzene rings is 2. The quantitative estimate of drug-likeness (QED) is 0.469. The maximum absolute atomic E-state index is 13.0. The Kier molecular flexibility index (Phi) is 4.43.